The first-order valence-electron chi connectivity index (χ1n) is 11.1. The van der Waals surface area contributed by atoms with Crippen LogP contribution in [0.25, 0.3) is 5.69 Å². The zero-order valence-corrected chi connectivity index (χ0v) is 20.1. The van der Waals surface area contributed by atoms with Crippen LogP contribution in [0.2, 0.25) is 0 Å². The molecule has 1 aromatic carbocycles. The third-order valence-corrected chi connectivity index (χ3v) is 5.27. The van der Waals surface area contributed by atoms with Gasteiger partial charge in [-0.3, -0.25) is 14.8 Å². The summed E-state index contributed by atoms with van der Waals surface area (Å²) in [7, 11) is 1.47. The van der Waals surface area contributed by atoms with E-state index in [0.717, 1.165) is 17.2 Å². The second-order valence-corrected chi connectivity index (χ2v) is 8.20. The molecule has 190 valence electrons. The van der Waals surface area contributed by atoms with Gasteiger partial charge in [0, 0.05) is 37.5 Å². The standard InChI is InChI=1S/C25H23F2N7O3/c1-14(2)20-11-23(34(32-20)16-8-15(26)12-30-13-16)33(25(28)36)22-5-4-17(9-19(22)27)37-18-6-7-31-21(10-18)24(35)29-3/h4-14H,1-3H3,(H2,28,36)(H,29,35). The van der Waals surface area contributed by atoms with E-state index in [1.165, 1.54) is 54.5 Å². The van der Waals surface area contributed by atoms with Gasteiger partial charge in [0.25, 0.3) is 5.91 Å². The maximum absolute atomic E-state index is 15.4. The van der Waals surface area contributed by atoms with Crippen molar-refractivity contribution in [3.8, 4) is 17.2 Å². The zero-order chi connectivity index (χ0) is 26.7. The molecule has 0 saturated heterocycles. The quantitative estimate of drug-likeness (QED) is 0.381. The Bertz CT molecular complexity index is 1470. The van der Waals surface area contributed by atoms with Crippen LogP contribution in [0.3, 0.4) is 0 Å². The number of anilines is 2. The van der Waals surface area contributed by atoms with Crippen molar-refractivity contribution in [3.05, 3.63) is 84.1 Å². The van der Waals surface area contributed by atoms with E-state index >= 15 is 4.39 Å². The Morgan fingerprint density at radius 1 is 1.08 bits per heavy atom. The van der Waals surface area contributed by atoms with Gasteiger partial charge in [-0.2, -0.15) is 5.10 Å². The van der Waals surface area contributed by atoms with Gasteiger partial charge in [0.2, 0.25) is 0 Å². The molecule has 0 bridgehead atoms. The predicted molar refractivity (Wildman–Crippen MR) is 131 cm³/mol. The van der Waals surface area contributed by atoms with Gasteiger partial charge in [0.15, 0.2) is 5.82 Å². The lowest BCUT2D eigenvalue weighted by Gasteiger charge is -2.22. The first-order valence-corrected chi connectivity index (χ1v) is 11.1. The number of urea groups is 1. The molecule has 3 N–H and O–H groups in total. The maximum Gasteiger partial charge on any atom is 0.325 e. The van der Waals surface area contributed by atoms with Crippen molar-refractivity contribution in [1.29, 1.82) is 0 Å². The van der Waals surface area contributed by atoms with Crippen LogP contribution in [0, 0.1) is 11.6 Å². The number of ether oxygens (including phenoxy) is 1. The number of carbonyl (C=O) groups is 2. The van der Waals surface area contributed by atoms with Crippen molar-refractivity contribution in [1.82, 2.24) is 25.1 Å². The van der Waals surface area contributed by atoms with E-state index in [1.54, 1.807) is 6.07 Å². The van der Waals surface area contributed by atoms with Crippen molar-refractivity contribution in [3.63, 3.8) is 0 Å². The highest BCUT2D eigenvalue weighted by atomic mass is 19.1. The molecular weight excluding hydrogens is 484 g/mol. The number of hydrogen-bond acceptors (Lipinski definition) is 6. The fourth-order valence-electron chi connectivity index (χ4n) is 3.49. The summed E-state index contributed by atoms with van der Waals surface area (Å²) < 4.78 is 36.2. The van der Waals surface area contributed by atoms with Crippen molar-refractivity contribution in [2.75, 3.05) is 11.9 Å². The first kappa shape index (κ1) is 25.2. The summed E-state index contributed by atoms with van der Waals surface area (Å²) in [5.74, 6) is -1.45. The highest BCUT2D eigenvalue weighted by Gasteiger charge is 2.26. The van der Waals surface area contributed by atoms with Gasteiger partial charge in [-0.25, -0.2) is 23.2 Å². The monoisotopic (exact) mass is 507 g/mol. The minimum absolute atomic E-state index is 0.0584. The molecule has 0 aliphatic carbocycles. The lowest BCUT2D eigenvalue weighted by atomic mass is 10.1. The van der Waals surface area contributed by atoms with Crippen molar-refractivity contribution in [2.45, 2.75) is 19.8 Å². The fraction of sp³-hybridized carbons (Fsp3) is 0.160. The number of nitrogens with zero attached hydrogens (tertiary/aromatic N) is 5. The Morgan fingerprint density at radius 3 is 2.49 bits per heavy atom. The topological polar surface area (TPSA) is 128 Å². The van der Waals surface area contributed by atoms with Crippen molar-refractivity contribution in [2.24, 2.45) is 5.73 Å². The van der Waals surface area contributed by atoms with Crippen molar-refractivity contribution >= 4 is 23.4 Å². The Balaban J connectivity index is 1.73. The molecule has 0 saturated carbocycles. The molecule has 10 nitrogen and oxygen atoms in total. The number of benzene rings is 1. The number of carbonyl (C=O) groups excluding carboxylic acids is 2. The van der Waals surface area contributed by atoms with E-state index in [1.807, 2.05) is 13.8 Å². The highest BCUT2D eigenvalue weighted by Crippen LogP contribution is 2.34. The van der Waals surface area contributed by atoms with E-state index in [-0.39, 0.29) is 40.3 Å². The minimum atomic E-state index is -0.988. The summed E-state index contributed by atoms with van der Waals surface area (Å²) in [6.07, 6.45) is 3.77. The Kier molecular flexibility index (Phi) is 7.09. The summed E-state index contributed by atoms with van der Waals surface area (Å²) in [5.41, 5.74) is 6.39. The van der Waals surface area contributed by atoms with Gasteiger partial charge < -0.3 is 15.8 Å². The smallest absolute Gasteiger partial charge is 0.325 e. The fourth-order valence-corrected chi connectivity index (χ4v) is 3.49. The van der Waals surface area contributed by atoms with Crippen LogP contribution >= 0.6 is 0 Å². The minimum Gasteiger partial charge on any atom is -0.457 e. The SMILES string of the molecule is CNC(=O)c1cc(Oc2ccc(N(C(N)=O)c3cc(C(C)C)nn3-c3cncc(F)c3)c(F)c2)ccn1. The van der Waals surface area contributed by atoms with Gasteiger partial charge in [0.1, 0.15) is 28.8 Å². The zero-order valence-electron chi connectivity index (χ0n) is 20.1. The van der Waals surface area contributed by atoms with E-state index in [0.29, 0.717) is 5.69 Å². The van der Waals surface area contributed by atoms with Gasteiger partial charge in [-0.05, 0) is 24.1 Å². The van der Waals surface area contributed by atoms with Crippen LogP contribution in [0.4, 0.5) is 25.1 Å². The lowest BCUT2D eigenvalue weighted by Crippen LogP contribution is -2.33. The maximum atomic E-state index is 15.4. The average molecular weight is 508 g/mol. The summed E-state index contributed by atoms with van der Waals surface area (Å²) in [6, 6.07) is 8.49. The van der Waals surface area contributed by atoms with Crippen LogP contribution < -0.4 is 20.7 Å². The van der Waals surface area contributed by atoms with Crippen molar-refractivity contribution < 1.29 is 23.1 Å². The molecule has 0 unspecified atom stereocenters. The number of halogens is 2. The summed E-state index contributed by atoms with van der Waals surface area (Å²) in [6.45, 7) is 3.77. The molecule has 3 heterocycles. The number of aromatic nitrogens is 4. The molecule has 0 fully saturated rings. The van der Waals surface area contributed by atoms with Gasteiger partial charge in [-0.15, -0.1) is 0 Å². The largest absolute Gasteiger partial charge is 0.457 e. The molecule has 4 rings (SSSR count). The molecule has 0 aliphatic heterocycles. The third-order valence-electron chi connectivity index (χ3n) is 5.27. The Labute approximate surface area is 210 Å². The molecule has 0 radical (unpaired) electrons. The van der Waals surface area contributed by atoms with Crippen LogP contribution in [0.5, 0.6) is 11.5 Å². The molecule has 0 atom stereocenters. The van der Waals surface area contributed by atoms with Crippen LogP contribution in [-0.2, 0) is 0 Å². The number of nitrogens with two attached hydrogens (primary N) is 1. The molecule has 3 aromatic heterocycles. The second-order valence-electron chi connectivity index (χ2n) is 8.20. The molecule has 12 heteroatoms. The van der Waals surface area contributed by atoms with E-state index in [2.05, 4.69) is 20.4 Å². The predicted octanol–water partition coefficient (Wildman–Crippen LogP) is 4.43. The highest BCUT2D eigenvalue weighted by molar-refractivity contribution is 5.98. The summed E-state index contributed by atoms with van der Waals surface area (Å²) in [5, 5.41) is 6.91. The normalized spacial score (nSPS) is 10.9. The molecule has 0 spiro atoms. The summed E-state index contributed by atoms with van der Waals surface area (Å²) in [4.78, 5) is 33.1. The lowest BCUT2D eigenvalue weighted by molar-refractivity contribution is 0.0957. The summed E-state index contributed by atoms with van der Waals surface area (Å²) >= 11 is 0. The van der Waals surface area contributed by atoms with Gasteiger partial charge >= 0.3 is 6.03 Å². The number of amides is 3. The molecule has 0 aliphatic rings. The number of rotatable bonds is 7. The first-order chi connectivity index (χ1) is 17.7. The molecule has 4 aromatic rings. The van der Waals surface area contributed by atoms with Gasteiger partial charge in [0.05, 0.1) is 29.5 Å². The number of pyridine rings is 2. The van der Waals surface area contributed by atoms with Gasteiger partial charge in [-0.1, -0.05) is 13.8 Å². The van der Waals surface area contributed by atoms with Crippen LogP contribution in [-0.4, -0.2) is 38.7 Å². The number of nitrogens with one attached hydrogen (secondary N) is 1. The van der Waals surface area contributed by atoms with Crippen LogP contribution in [0.1, 0.15) is 35.9 Å². The average Bonchev–Trinajstić information content (AvgIpc) is 3.30. The second kappa shape index (κ2) is 10.4. The Hall–Kier alpha value is -4.87. The molecular formula is C25H23F2N7O3. The third kappa shape index (κ3) is 5.37. The molecule has 37 heavy (non-hydrogen) atoms. The molecule has 3 amide bonds. The van der Waals surface area contributed by atoms with E-state index < -0.39 is 23.6 Å². The number of hydrogen-bond donors (Lipinski definition) is 2. The van der Waals surface area contributed by atoms with Crippen LogP contribution in [0.15, 0.2) is 61.1 Å². The van der Waals surface area contributed by atoms with E-state index in [4.69, 9.17) is 10.5 Å². The Morgan fingerprint density at radius 2 is 1.84 bits per heavy atom. The van der Waals surface area contributed by atoms with E-state index in [9.17, 15) is 14.0 Å². The number of primary amides is 1.